The summed E-state index contributed by atoms with van der Waals surface area (Å²) in [6.07, 6.45) is 4.44. The highest BCUT2D eigenvalue weighted by Crippen LogP contribution is 2.50. The Morgan fingerprint density at radius 1 is 0.705 bits per heavy atom. The molecule has 3 heterocycles. The summed E-state index contributed by atoms with van der Waals surface area (Å²) in [5, 5.41) is 7.51. The second-order valence-electron chi connectivity index (χ2n) is 32.4. The lowest BCUT2D eigenvalue weighted by Gasteiger charge is -2.54. The molecule has 13 atom stereocenters. The van der Waals surface area contributed by atoms with Crippen molar-refractivity contribution in [2.24, 2.45) is 40.9 Å². The summed E-state index contributed by atoms with van der Waals surface area (Å²) < 4.78 is 54.1. The molecule has 4 saturated carbocycles. The monoisotopic (exact) mass is 1500 g/mol. The van der Waals surface area contributed by atoms with E-state index in [-0.39, 0.29) is 96.4 Å². The van der Waals surface area contributed by atoms with Crippen LogP contribution in [0.5, 0.6) is 0 Å². The van der Waals surface area contributed by atoms with Crippen LogP contribution >= 0.6 is 11.6 Å². The van der Waals surface area contributed by atoms with Crippen LogP contribution < -0.4 is 16.0 Å². The van der Waals surface area contributed by atoms with Gasteiger partial charge in [0.1, 0.15) is 53.9 Å². The Balaban J connectivity index is 1.32. The van der Waals surface area contributed by atoms with Gasteiger partial charge in [-0.2, -0.15) is 13.2 Å². The normalized spacial score (nSPS) is 32.1. The van der Waals surface area contributed by atoms with Crippen molar-refractivity contribution in [1.82, 2.24) is 60.0 Å². The molecule has 26 nitrogen and oxygen atoms in total. The van der Waals surface area contributed by atoms with Crippen molar-refractivity contribution in [2.45, 2.75) is 248 Å². The molecule has 3 unspecified atom stereocenters. The number of halogens is 4. The highest BCUT2D eigenvalue weighted by molar-refractivity contribution is 6.21. The Labute approximate surface area is 623 Å². The average Bonchev–Trinajstić information content (AvgIpc) is 1.53. The van der Waals surface area contributed by atoms with Gasteiger partial charge in [-0.3, -0.25) is 57.5 Å². The molecule has 7 aliphatic rings. The summed E-state index contributed by atoms with van der Waals surface area (Å²) in [6, 6.07) is -10.5. The van der Waals surface area contributed by atoms with Gasteiger partial charge in [-0.05, 0) is 119 Å². The summed E-state index contributed by atoms with van der Waals surface area (Å²) in [7, 11) is 12.7. The number of fused-ring (bicyclic) bond motifs is 3. The number of ether oxygens (including phenoxy) is 2. The van der Waals surface area contributed by atoms with Crippen molar-refractivity contribution < 1.29 is 80.2 Å². The molecule has 0 radical (unpaired) electrons. The fraction of sp³-hybridized carbons (Fsp3) is 0.813. The number of methoxy groups -OCH3 is 1. The van der Waals surface area contributed by atoms with Gasteiger partial charge in [0, 0.05) is 95.0 Å². The third-order valence-electron chi connectivity index (χ3n) is 23.7. The second-order valence-corrected chi connectivity index (χ2v) is 33.0. The van der Waals surface area contributed by atoms with Crippen LogP contribution in [0.4, 0.5) is 13.2 Å². The molecule has 592 valence electrons. The lowest BCUT2D eigenvalue weighted by molar-refractivity contribution is -0.182. The zero-order valence-corrected chi connectivity index (χ0v) is 65.5. The number of hydrogen-bond donors (Lipinski definition) is 3. The van der Waals surface area contributed by atoms with Crippen molar-refractivity contribution in [3.05, 3.63) is 12.2 Å². The molecular weight excluding hydrogens is 1390 g/mol. The lowest BCUT2D eigenvalue weighted by Crippen LogP contribution is -2.71. The number of rotatable bonds is 13. The molecule has 0 aromatic rings. The van der Waals surface area contributed by atoms with E-state index in [1.165, 1.54) is 92.9 Å². The third kappa shape index (κ3) is 21.0. The predicted octanol–water partition coefficient (Wildman–Crippen LogP) is 5.37. The minimum atomic E-state index is -4.53. The molecule has 2 bridgehead atoms. The molecule has 30 heteroatoms. The van der Waals surface area contributed by atoms with Gasteiger partial charge in [0.2, 0.25) is 70.9 Å². The molecule has 2 saturated heterocycles. The van der Waals surface area contributed by atoms with E-state index in [0.29, 0.717) is 44.4 Å². The summed E-state index contributed by atoms with van der Waals surface area (Å²) in [6.45, 7) is 9.83. The SMILES string of the molecule is CCO[C@@H]1C[C@H]2C(=O)NC3(CC(C)(C)C3)C(=O)N(C)[C@@H](C3CCCC3)C(=O)N(C)[C@H](C(=O)N(C)C)CC(=O)N(C)[C@@H](COC)C(=O)N[C@@H]([C@@H](C)CC)C(=O)N(C)CC(=O)N(C)[C@H]3C/C=C\CCN(C3=O)[C@@H](CC3CCC(C)CC3)C(=O)N(C)CC(=O)N[C@@H](CCC3CCC(C(F)(F)F)C(Cl)C3)C(=O)N2C1. The first-order valence-electron chi connectivity index (χ1n) is 38.1. The van der Waals surface area contributed by atoms with Crippen LogP contribution in [-0.4, -0.2) is 289 Å². The first kappa shape index (κ1) is 85.6. The van der Waals surface area contributed by atoms with Crippen molar-refractivity contribution in [2.75, 3.05) is 103 Å². The van der Waals surface area contributed by atoms with Crippen molar-refractivity contribution in [3.63, 3.8) is 0 Å². The Kier molecular flexibility index (Phi) is 30.2. The second kappa shape index (κ2) is 37.0. The summed E-state index contributed by atoms with van der Waals surface area (Å²) in [5.41, 5.74) is -2.19. The van der Waals surface area contributed by atoms with Gasteiger partial charge in [0.15, 0.2) is 0 Å². The maximum Gasteiger partial charge on any atom is 0.393 e. The number of nitrogens with zero attached hydrogens (tertiary/aromatic N) is 9. The number of nitrogens with one attached hydrogen (secondary N) is 3. The highest BCUT2D eigenvalue weighted by atomic mass is 35.5. The maximum absolute atomic E-state index is 15.8. The molecule has 3 aliphatic heterocycles. The van der Waals surface area contributed by atoms with E-state index in [1.54, 1.807) is 19.9 Å². The Hall–Kier alpha value is -6.62. The maximum atomic E-state index is 15.8. The van der Waals surface area contributed by atoms with Crippen molar-refractivity contribution in [3.8, 4) is 0 Å². The third-order valence-corrected chi connectivity index (χ3v) is 24.2. The minimum absolute atomic E-state index is 0.0122. The van der Waals surface area contributed by atoms with Crippen molar-refractivity contribution >= 4 is 82.5 Å². The number of carbonyl (C=O) groups is 12. The molecule has 0 aromatic heterocycles. The number of likely N-dealkylation sites (N-methyl/N-ethyl adjacent to an activating group) is 7. The zero-order chi connectivity index (χ0) is 77.9. The van der Waals surface area contributed by atoms with E-state index < -0.39 is 191 Å². The average molecular weight is 1510 g/mol. The van der Waals surface area contributed by atoms with Crippen LogP contribution in [0.1, 0.15) is 176 Å². The Bertz CT molecular complexity index is 3140. The van der Waals surface area contributed by atoms with Crippen LogP contribution in [0.15, 0.2) is 12.2 Å². The molecule has 3 N–H and O–H groups in total. The van der Waals surface area contributed by atoms with E-state index in [0.717, 1.165) is 40.4 Å². The highest BCUT2D eigenvalue weighted by Gasteiger charge is 2.59. The molecule has 4 aliphatic carbocycles. The summed E-state index contributed by atoms with van der Waals surface area (Å²) in [4.78, 5) is 193. The molecular formula is C75H120ClF3N12O14. The lowest BCUT2D eigenvalue weighted by atomic mass is 9.58. The molecule has 6 fully saturated rings. The molecule has 105 heavy (non-hydrogen) atoms. The van der Waals surface area contributed by atoms with Crippen LogP contribution in [-0.2, 0) is 67.0 Å². The first-order chi connectivity index (χ1) is 49.3. The van der Waals surface area contributed by atoms with Gasteiger partial charge in [-0.25, -0.2) is 0 Å². The van der Waals surface area contributed by atoms with E-state index in [4.69, 9.17) is 21.1 Å². The number of hydrogen-bond acceptors (Lipinski definition) is 14. The zero-order valence-electron chi connectivity index (χ0n) is 64.7. The van der Waals surface area contributed by atoms with Crippen LogP contribution in [0.2, 0.25) is 0 Å². The van der Waals surface area contributed by atoms with E-state index in [1.807, 2.05) is 26.8 Å². The Morgan fingerprint density at radius 3 is 1.93 bits per heavy atom. The fourth-order valence-electron chi connectivity index (χ4n) is 17.4. The standard InChI is InChI=1S/C75H120ClF3N12O14/c1-16-46(4)62-70(101)85(10)41-61(94)86(11)54-25-19-18-22-34-90(69(54)100)57(36-48-28-26-45(3)27-29-48)68(99)84(9)40-59(92)80-53(33-31-47-30-32-51(52(76)35-47)75(77,78)79)66(97)91-39-50(105-17-2)37-55(91)65(96)82-74(43-73(5,6)44-74)72(103)89(14)63(49-23-20-21-24-49)71(102)88(13)56(67(98)83(7)8)38-60(93)87(12)58(42-104-15)64(95)81-62/h18-19,45-58,62-63H,16-17,20-44H2,1-15H3,(H,80,92)(H,81,95)(H,82,96)/b19-18-/t45?,46-,47?,48?,50+,51?,52?,53-,54-,55-,56-,57-,58-,62-,63-/m0/s1. The summed E-state index contributed by atoms with van der Waals surface area (Å²) in [5.74, 6) is -10.9. The summed E-state index contributed by atoms with van der Waals surface area (Å²) >= 11 is 6.46. The van der Waals surface area contributed by atoms with Crippen molar-refractivity contribution in [1.29, 1.82) is 0 Å². The molecule has 7 rings (SSSR count). The van der Waals surface area contributed by atoms with Gasteiger partial charge in [-0.15, -0.1) is 11.6 Å². The molecule has 1 spiro atoms. The fourth-order valence-corrected chi connectivity index (χ4v) is 17.9. The van der Waals surface area contributed by atoms with Crippen LogP contribution in [0.25, 0.3) is 0 Å². The quantitative estimate of drug-likeness (QED) is 0.155. The topological polar surface area (TPSA) is 289 Å². The minimum Gasteiger partial charge on any atom is -0.382 e. The van der Waals surface area contributed by atoms with Gasteiger partial charge in [0.05, 0.1) is 38.1 Å². The number of amides is 12. The van der Waals surface area contributed by atoms with E-state index in [2.05, 4.69) is 22.9 Å². The van der Waals surface area contributed by atoms with E-state index >= 15 is 28.8 Å². The molecule has 12 amide bonds. The van der Waals surface area contributed by atoms with Gasteiger partial charge in [-0.1, -0.05) is 91.7 Å². The van der Waals surface area contributed by atoms with Gasteiger partial charge >= 0.3 is 6.18 Å². The van der Waals surface area contributed by atoms with Crippen LogP contribution in [0.3, 0.4) is 0 Å². The number of alkyl halides is 4. The smallest absolute Gasteiger partial charge is 0.382 e. The Morgan fingerprint density at radius 2 is 1.34 bits per heavy atom. The largest absolute Gasteiger partial charge is 0.393 e. The molecule has 0 aromatic carbocycles. The number of carbonyl (C=O) groups excluding carboxylic acids is 12. The predicted molar refractivity (Wildman–Crippen MR) is 387 cm³/mol. The van der Waals surface area contributed by atoms with Crippen LogP contribution in [0, 0.1) is 40.9 Å². The first-order valence-corrected chi connectivity index (χ1v) is 38.5. The van der Waals surface area contributed by atoms with Gasteiger partial charge in [0.25, 0.3) is 0 Å². The van der Waals surface area contributed by atoms with E-state index in [9.17, 15) is 41.9 Å². The van der Waals surface area contributed by atoms with Gasteiger partial charge < -0.3 is 69.5 Å².